The first-order valence-electron chi connectivity index (χ1n) is 6.65. The summed E-state index contributed by atoms with van der Waals surface area (Å²) in [6, 6.07) is 8.17. The van der Waals surface area contributed by atoms with E-state index in [0.29, 0.717) is 13.0 Å². The van der Waals surface area contributed by atoms with Crippen molar-refractivity contribution >= 4 is 17.3 Å². The van der Waals surface area contributed by atoms with Crippen LogP contribution in [0.1, 0.15) is 23.8 Å². The molecule has 1 amide bonds. The number of nitro benzene ring substituents is 1. The lowest BCUT2D eigenvalue weighted by Gasteiger charge is -2.07. The summed E-state index contributed by atoms with van der Waals surface area (Å²) in [5.74, 6) is -0.537. The number of nitrogens with zero attached hydrogens (tertiary/aromatic N) is 3. The summed E-state index contributed by atoms with van der Waals surface area (Å²) in [7, 11) is 0. The highest BCUT2D eigenvalue weighted by molar-refractivity contribution is 6.02. The highest BCUT2D eigenvalue weighted by Gasteiger charge is 2.12. The van der Waals surface area contributed by atoms with Crippen LogP contribution in [-0.2, 0) is 6.54 Å². The predicted molar refractivity (Wildman–Crippen MR) is 79.8 cm³/mol. The molecule has 0 fully saturated rings. The van der Waals surface area contributed by atoms with Crippen molar-refractivity contribution in [3.63, 3.8) is 0 Å². The van der Waals surface area contributed by atoms with E-state index in [2.05, 4.69) is 10.4 Å². The summed E-state index contributed by atoms with van der Waals surface area (Å²) in [5.41, 5.74) is -0.0516. The van der Waals surface area contributed by atoms with Crippen LogP contribution in [0.2, 0.25) is 0 Å². The minimum absolute atomic E-state index is 0.0690. The molecule has 8 heteroatoms. The Labute approximate surface area is 125 Å². The van der Waals surface area contributed by atoms with E-state index in [-0.39, 0.29) is 22.6 Å². The molecule has 0 atom stereocenters. The van der Waals surface area contributed by atoms with E-state index in [4.69, 9.17) is 0 Å². The van der Waals surface area contributed by atoms with Gasteiger partial charge in [-0.1, -0.05) is 13.0 Å². The van der Waals surface area contributed by atoms with E-state index < -0.39 is 10.8 Å². The maximum absolute atomic E-state index is 12.1. The van der Waals surface area contributed by atoms with Crippen molar-refractivity contribution < 1.29 is 9.72 Å². The first-order valence-corrected chi connectivity index (χ1v) is 6.65. The van der Waals surface area contributed by atoms with Gasteiger partial charge in [0.2, 0.25) is 0 Å². The average Bonchev–Trinajstić information content (AvgIpc) is 2.50. The molecule has 1 heterocycles. The molecule has 1 N–H and O–H groups in total. The molecule has 0 aliphatic carbocycles. The number of carbonyl (C=O) groups excluding carboxylic acids is 1. The summed E-state index contributed by atoms with van der Waals surface area (Å²) in [5, 5.41) is 17.2. The lowest BCUT2D eigenvalue weighted by atomic mass is 10.2. The standard InChI is InChI=1S/C14H14N4O4/c1-2-8-17-13(19)7-6-12(16-17)14(20)15-10-4-3-5-11(9-10)18(21)22/h3-7,9H,2,8H2,1H3,(H,15,20). The first-order chi connectivity index (χ1) is 10.5. The molecule has 0 aliphatic heterocycles. The SMILES string of the molecule is CCCn1nc(C(=O)Nc2cccc([N+](=O)[O-])c2)ccc1=O. The molecule has 114 valence electrons. The van der Waals surface area contributed by atoms with Crippen molar-refractivity contribution in [3.8, 4) is 0 Å². The van der Waals surface area contributed by atoms with Gasteiger partial charge in [-0.05, 0) is 18.6 Å². The molecule has 8 nitrogen and oxygen atoms in total. The maximum Gasteiger partial charge on any atom is 0.276 e. The van der Waals surface area contributed by atoms with Crippen molar-refractivity contribution in [2.45, 2.75) is 19.9 Å². The van der Waals surface area contributed by atoms with E-state index in [0.717, 1.165) is 0 Å². The second-order valence-electron chi connectivity index (χ2n) is 4.54. The Morgan fingerprint density at radius 2 is 2.14 bits per heavy atom. The molecule has 0 spiro atoms. The Kier molecular flexibility index (Phi) is 4.62. The molecular formula is C14H14N4O4. The van der Waals surface area contributed by atoms with Crippen molar-refractivity contribution in [3.05, 3.63) is 62.6 Å². The fraction of sp³-hybridized carbons (Fsp3) is 0.214. The third kappa shape index (κ3) is 3.54. The van der Waals surface area contributed by atoms with Crippen LogP contribution in [0, 0.1) is 10.1 Å². The number of non-ortho nitro benzene ring substituents is 1. The van der Waals surface area contributed by atoms with Gasteiger partial charge in [-0.2, -0.15) is 5.10 Å². The van der Waals surface area contributed by atoms with Crippen LogP contribution in [0.25, 0.3) is 0 Å². The summed E-state index contributed by atoms with van der Waals surface area (Å²) in [4.78, 5) is 33.8. The highest BCUT2D eigenvalue weighted by Crippen LogP contribution is 2.17. The number of aryl methyl sites for hydroxylation is 1. The highest BCUT2D eigenvalue weighted by atomic mass is 16.6. The molecular weight excluding hydrogens is 288 g/mol. The van der Waals surface area contributed by atoms with Gasteiger partial charge in [-0.25, -0.2) is 4.68 Å². The van der Waals surface area contributed by atoms with Crippen LogP contribution in [0.4, 0.5) is 11.4 Å². The second kappa shape index (κ2) is 6.61. The van der Waals surface area contributed by atoms with Gasteiger partial charge in [-0.15, -0.1) is 0 Å². The van der Waals surface area contributed by atoms with Crippen molar-refractivity contribution in [2.24, 2.45) is 0 Å². The van der Waals surface area contributed by atoms with Gasteiger partial charge in [0.15, 0.2) is 0 Å². The van der Waals surface area contributed by atoms with Gasteiger partial charge in [0, 0.05) is 30.4 Å². The Morgan fingerprint density at radius 3 is 2.82 bits per heavy atom. The van der Waals surface area contributed by atoms with Crippen molar-refractivity contribution in [1.29, 1.82) is 0 Å². The molecule has 0 saturated carbocycles. The van der Waals surface area contributed by atoms with E-state index >= 15 is 0 Å². The van der Waals surface area contributed by atoms with Crippen LogP contribution in [0.3, 0.4) is 0 Å². The van der Waals surface area contributed by atoms with Gasteiger partial charge >= 0.3 is 0 Å². The van der Waals surface area contributed by atoms with Crippen LogP contribution in [-0.4, -0.2) is 20.6 Å². The number of nitro groups is 1. The number of anilines is 1. The largest absolute Gasteiger partial charge is 0.320 e. The zero-order valence-corrected chi connectivity index (χ0v) is 11.9. The number of amides is 1. The quantitative estimate of drug-likeness (QED) is 0.669. The minimum Gasteiger partial charge on any atom is -0.320 e. The van der Waals surface area contributed by atoms with Crippen molar-refractivity contribution in [1.82, 2.24) is 9.78 Å². The Balaban J connectivity index is 2.22. The molecule has 1 aromatic heterocycles. The number of hydrogen-bond acceptors (Lipinski definition) is 5. The first kappa shape index (κ1) is 15.4. The molecule has 0 radical (unpaired) electrons. The topological polar surface area (TPSA) is 107 Å². The molecule has 0 aliphatic rings. The Bertz CT molecular complexity index is 769. The molecule has 0 unspecified atom stereocenters. The van der Waals surface area contributed by atoms with Gasteiger partial charge in [0.25, 0.3) is 17.2 Å². The number of carbonyl (C=O) groups is 1. The Hall–Kier alpha value is -3.03. The molecule has 22 heavy (non-hydrogen) atoms. The van der Waals surface area contributed by atoms with Crippen molar-refractivity contribution in [2.75, 3.05) is 5.32 Å². The fourth-order valence-corrected chi connectivity index (χ4v) is 1.83. The molecule has 1 aromatic carbocycles. The molecule has 2 aromatic rings. The number of nitrogens with one attached hydrogen (secondary N) is 1. The number of benzene rings is 1. The van der Waals surface area contributed by atoms with E-state index in [1.807, 2.05) is 6.92 Å². The summed E-state index contributed by atoms with van der Waals surface area (Å²) >= 11 is 0. The van der Waals surface area contributed by atoms with Crippen LogP contribution in [0.15, 0.2) is 41.2 Å². The van der Waals surface area contributed by atoms with Crippen LogP contribution < -0.4 is 10.9 Å². The minimum atomic E-state index is -0.546. The Morgan fingerprint density at radius 1 is 1.36 bits per heavy atom. The van der Waals surface area contributed by atoms with E-state index in [9.17, 15) is 19.7 Å². The lowest BCUT2D eigenvalue weighted by Crippen LogP contribution is -2.26. The third-order valence-electron chi connectivity index (χ3n) is 2.85. The second-order valence-corrected chi connectivity index (χ2v) is 4.54. The monoisotopic (exact) mass is 302 g/mol. The van der Waals surface area contributed by atoms with Gasteiger partial charge in [0.1, 0.15) is 5.69 Å². The number of rotatable bonds is 5. The third-order valence-corrected chi connectivity index (χ3v) is 2.85. The fourth-order valence-electron chi connectivity index (χ4n) is 1.83. The van der Waals surface area contributed by atoms with Gasteiger partial charge in [0.05, 0.1) is 4.92 Å². The van der Waals surface area contributed by atoms with Crippen LogP contribution >= 0.6 is 0 Å². The van der Waals surface area contributed by atoms with Gasteiger partial charge in [-0.3, -0.25) is 19.7 Å². The van der Waals surface area contributed by atoms with E-state index in [1.54, 1.807) is 0 Å². The van der Waals surface area contributed by atoms with E-state index in [1.165, 1.54) is 41.1 Å². The zero-order valence-electron chi connectivity index (χ0n) is 11.9. The van der Waals surface area contributed by atoms with Crippen LogP contribution in [0.5, 0.6) is 0 Å². The average molecular weight is 302 g/mol. The number of aromatic nitrogens is 2. The molecule has 2 rings (SSSR count). The lowest BCUT2D eigenvalue weighted by molar-refractivity contribution is -0.384. The smallest absolute Gasteiger partial charge is 0.276 e. The normalized spacial score (nSPS) is 10.2. The summed E-state index contributed by atoms with van der Waals surface area (Å²) < 4.78 is 1.21. The predicted octanol–water partition coefficient (Wildman–Crippen LogP) is 1.81. The molecule has 0 saturated heterocycles. The molecule has 0 bridgehead atoms. The van der Waals surface area contributed by atoms with Gasteiger partial charge < -0.3 is 5.32 Å². The summed E-state index contributed by atoms with van der Waals surface area (Å²) in [6.07, 6.45) is 0.711. The summed E-state index contributed by atoms with van der Waals surface area (Å²) in [6.45, 7) is 2.31. The maximum atomic E-state index is 12.1. The zero-order chi connectivity index (χ0) is 16.1. The number of hydrogen-bond donors (Lipinski definition) is 1.